The van der Waals surface area contributed by atoms with E-state index in [1.807, 2.05) is 13.0 Å². The molecule has 1 aromatic rings. The minimum atomic E-state index is -3.53. The van der Waals surface area contributed by atoms with Crippen molar-refractivity contribution in [3.63, 3.8) is 0 Å². The number of halogens is 1. The lowest BCUT2D eigenvalue weighted by molar-refractivity contribution is 0.134. The molecule has 0 bridgehead atoms. The van der Waals surface area contributed by atoms with Crippen LogP contribution in [0.1, 0.15) is 24.8 Å². The molecule has 0 aromatic heterocycles. The largest absolute Gasteiger partial charge is 0.393 e. The maximum absolute atomic E-state index is 12.2. The van der Waals surface area contributed by atoms with Crippen LogP contribution in [0.4, 0.5) is 0 Å². The van der Waals surface area contributed by atoms with Gasteiger partial charge < -0.3 is 5.11 Å². The Morgan fingerprint density at radius 2 is 2.16 bits per heavy atom. The van der Waals surface area contributed by atoms with E-state index in [1.165, 1.54) is 0 Å². The third kappa shape index (κ3) is 3.56. The Hall–Kier alpha value is -0.430. The molecule has 2 rings (SSSR count). The van der Waals surface area contributed by atoms with Gasteiger partial charge in [-0.05, 0) is 59.3 Å². The van der Waals surface area contributed by atoms with E-state index in [0.717, 1.165) is 24.8 Å². The Balaban J connectivity index is 2.12. The molecule has 19 heavy (non-hydrogen) atoms. The van der Waals surface area contributed by atoms with E-state index in [4.69, 9.17) is 0 Å². The molecule has 1 fully saturated rings. The molecule has 4 nitrogen and oxygen atoms in total. The number of hydrogen-bond donors (Lipinski definition) is 2. The van der Waals surface area contributed by atoms with Crippen LogP contribution in [0.15, 0.2) is 27.6 Å². The van der Waals surface area contributed by atoms with Gasteiger partial charge in [-0.1, -0.05) is 12.5 Å². The standard InChI is InChI=1S/C13H18BrNO3S/c1-9-5-6-11(14)13(7-9)19(17,18)15-8-10-3-2-4-12(10)16/h5-7,10,12,15-16H,2-4,8H2,1H3. The zero-order valence-corrected chi connectivity index (χ0v) is 13.2. The van der Waals surface area contributed by atoms with Crippen molar-refractivity contribution in [2.45, 2.75) is 37.2 Å². The van der Waals surface area contributed by atoms with Crippen LogP contribution in [0.2, 0.25) is 0 Å². The second-order valence-electron chi connectivity index (χ2n) is 5.04. The number of benzene rings is 1. The second-order valence-corrected chi connectivity index (χ2v) is 7.63. The van der Waals surface area contributed by atoms with E-state index in [0.29, 0.717) is 11.0 Å². The van der Waals surface area contributed by atoms with E-state index in [-0.39, 0.29) is 16.9 Å². The van der Waals surface area contributed by atoms with Crippen molar-refractivity contribution in [3.05, 3.63) is 28.2 Å². The van der Waals surface area contributed by atoms with Crippen LogP contribution in [0.5, 0.6) is 0 Å². The predicted molar refractivity (Wildman–Crippen MR) is 77.4 cm³/mol. The van der Waals surface area contributed by atoms with E-state index < -0.39 is 10.0 Å². The van der Waals surface area contributed by atoms with E-state index >= 15 is 0 Å². The number of nitrogens with one attached hydrogen (secondary N) is 1. The van der Waals surface area contributed by atoms with Crippen molar-refractivity contribution in [2.75, 3.05) is 6.54 Å². The maximum Gasteiger partial charge on any atom is 0.241 e. The lowest BCUT2D eigenvalue weighted by Gasteiger charge is -2.16. The van der Waals surface area contributed by atoms with Gasteiger partial charge in [-0.15, -0.1) is 0 Å². The number of aryl methyl sites for hydroxylation is 1. The van der Waals surface area contributed by atoms with Gasteiger partial charge in [0.2, 0.25) is 10.0 Å². The molecule has 0 heterocycles. The predicted octanol–water partition coefficient (Wildman–Crippen LogP) is 2.20. The third-order valence-corrected chi connectivity index (χ3v) is 5.95. The molecule has 2 atom stereocenters. The van der Waals surface area contributed by atoms with Crippen molar-refractivity contribution in [1.82, 2.24) is 4.72 Å². The van der Waals surface area contributed by atoms with Gasteiger partial charge >= 0.3 is 0 Å². The van der Waals surface area contributed by atoms with Gasteiger partial charge in [-0.3, -0.25) is 0 Å². The molecule has 0 amide bonds. The van der Waals surface area contributed by atoms with Crippen LogP contribution in [0, 0.1) is 12.8 Å². The van der Waals surface area contributed by atoms with Crippen molar-refractivity contribution in [1.29, 1.82) is 0 Å². The Morgan fingerprint density at radius 3 is 2.79 bits per heavy atom. The van der Waals surface area contributed by atoms with Gasteiger partial charge in [0, 0.05) is 11.0 Å². The normalized spacial score (nSPS) is 23.7. The molecular weight excluding hydrogens is 330 g/mol. The lowest BCUT2D eigenvalue weighted by Crippen LogP contribution is -2.32. The molecule has 106 valence electrons. The van der Waals surface area contributed by atoms with Gasteiger partial charge in [-0.2, -0.15) is 0 Å². The number of hydrogen-bond acceptors (Lipinski definition) is 3. The van der Waals surface area contributed by atoms with Crippen LogP contribution >= 0.6 is 15.9 Å². The molecule has 1 aliphatic carbocycles. The van der Waals surface area contributed by atoms with E-state index in [1.54, 1.807) is 12.1 Å². The highest BCUT2D eigenvalue weighted by Crippen LogP contribution is 2.26. The molecule has 1 saturated carbocycles. The van der Waals surface area contributed by atoms with Crippen LogP contribution in [-0.4, -0.2) is 26.2 Å². The number of sulfonamides is 1. The summed E-state index contributed by atoms with van der Waals surface area (Å²) in [4.78, 5) is 0.250. The minimum absolute atomic E-state index is 0.0263. The molecular formula is C13H18BrNO3S. The summed E-state index contributed by atoms with van der Waals surface area (Å²) in [6, 6.07) is 5.22. The maximum atomic E-state index is 12.2. The van der Waals surface area contributed by atoms with E-state index in [2.05, 4.69) is 20.7 Å². The molecule has 0 spiro atoms. The van der Waals surface area contributed by atoms with Crippen LogP contribution in [0.25, 0.3) is 0 Å². The first-order chi connectivity index (χ1) is 8.90. The van der Waals surface area contributed by atoms with Crippen molar-refractivity contribution in [3.8, 4) is 0 Å². The molecule has 2 N–H and O–H groups in total. The zero-order chi connectivity index (χ0) is 14.0. The van der Waals surface area contributed by atoms with Crippen molar-refractivity contribution >= 4 is 26.0 Å². The summed E-state index contributed by atoms with van der Waals surface area (Å²) in [5.41, 5.74) is 0.893. The SMILES string of the molecule is Cc1ccc(Br)c(S(=O)(=O)NCC2CCCC2O)c1. The Bertz CT molecular complexity index is 559. The highest BCUT2D eigenvalue weighted by molar-refractivity contribution is 9.10. The van der Waals surface area contributed by atoms with Gasteiger partial charge in [-0.25, -0.2) is 13.1 Å². The Morgan fingerprint density at radius 1 is 1.42 bits per heavy atom. The first-order valence-corrected chi connectivity index (χ1v) is 8.61. The van der Waals surface area contributed by atoms with E-state index in [9.17, 15) is 13.5 Å². The number of aliphatic hydroxyl groups is 1. The summed E-state index contributed by atoms with van der Waals surface area (Å²) in [5.74, 6) is 0.0263. The summed E-state index contributed by atoms with van der Waals surface area (Å²) in [6.45, 7) is 2.15. The Labute approximate surface area is 122 Å². The molecule has 0 aliphatic heterocycles. The highest BCUT2D eigenvalue weighted by Gasteiger charge is 2.27. The number of aliphatic hydroxyl groups excluding tert-OH is 1. The lowest BCUT2D eigenvalue weighted by atomic mass is 10.1. The minimum Gasteiger partial charge on any atom is -0.393 e. The molecule has 1 aromatic carbocycles. The summed E-state index contributed by atoms with van der Waals surface area (Å²) < 4.78 is 27.6. The van der Waals surface area contributed by atoms with Gasteiger partial charge in [0.1, 0.15) is 0 Å². The summed E-state index contributed by atoms with van der Waals surface area (Å²) >= 11 is 3.26. The third-order valence-electron chi connectivity index (χ3n) is 3.53. The molecule has 0 saturated heterocycles. The van der Waals surface area contributed by atoms with Gasteiger partial charge in [0.05, 0.1) is 11.0 Å². The van der Waals surface area contributed by atoms with Crippen LogP contribution in [0.3, 0.4) is 0 Å². The quantitative estimate of drug-likeness (QED) is 0.877. The van der Waals surface area contributed by atoms with Crippen molar-refractivity contribution in [2.24, 2.45) is 5.92 Å². The molecule has 2 unspecified atom stereocenters. The molecule has 0 radical (unpaired) electrons. The average molecular weight is 348 g/mol. The van der Waals surface area contributed by atoms with Crippen molar-refractivity contribution < 1.29 is 13.5 Å². The Kier molecular flexibility index (Phi) is 4.66. The topological polar surface area (TPSA) is 66.4 Å². The summed E-state index contributed by atoms with van der Waals surface area (Å²) in [6.07, 6.45) is 2.21. The van der Waals surface area contributed by atoms with Crippen LogP contribution < -0.4 is 4.72 Å². The smallest absolute Gasteiger partial charge is 0.241 e. The fourth-order valence-corrected chi connectivity index (χ4v) is 4.51. The first-order valence-electron chi connectivity index (χ1n) is 6.34. The average Bonchev–Trinajstić information content (AvgIpc) is 2.75. The monoisotopic (exact) mass is 347 g/mol. The summed E-state index contributed by atoms with van der Waals surface area (Å²) in [7, 11) is -3.53. The van der Waals surface area contributed by atoms with Gasteiger partial charge in [0.15, 0.2) is 0 Å². The summed E-state index contributed by atoms with van der Waals surface area (Å²) in [5, 5.41) is 9.71. The molecule has 6 heteroatoms. The second kappa shape index (κ2) is 5.91. The fraction of sp³-hybridized carbons (Fsp3) is 0.538. The first kappa shape index (κ1) is 15.0. The van der Waals surface area contributed by atoms with Crippen LogP contribution in [-0.2, 0) is 10.0 Å². The number of rotatable bonds is 4. The highest BCUT2D eigenvalue weighted by atomic mass is 79.9. The fourth-order valence-electron chi connectivity index (χ4n) is 2.37. The van der Waals surface area contributed by atoms with Gasteiger partial charge in [0.25, 0.3) is 0 Å². The zero-order valence-electron chi connectivity index (χ0n) is 10.8. The molecule has 1 aliphatic rings.